The van der Waals surface area contributed by atoms with E-state index in [9.17, 15) is 8.60 Å². The van der Waals surface area contributed by atoms with Crippen molar-refractivity contribution in [2.24, 2.45) is 5.92 Å². The third kappa shape index (κ3) is 4.95. The van der Waals surface area contributed by atoms with Crippen LogP contribution in [0.15, 0.2) is 53.0 Å². The third-order valence-electron chi connectivity index (χ3n) is 6.45. The summed E-state index contributed by atoms with van der Waals surface area (Å²) in [7, 11) is -1.27. The summed E-state index contributed by atoms with van der Waals surface area (Å²) in [5.74, 6) is 0.266. The number of piperazine rings is 1. The molecule has 35 heavy (non-hydrogen) atoms. The van der Waals surface area contributed by atoms with E-state index in [4.69, 9.17) is 0 Å². The molecule has 184 valence electrons. The molecule has 1 aliphatic heterocycles. The minimum Gasteiger partial charge on any atom is -0.293 e. The van der Waals surface area contributed by atoms with Crippen molar-refractivity contribution in [1.29, 1.82) is 0 Å². The number of hydrogen-bond acceptors (Lipinski definition) is 5. The standard InChI is InChI=1S/C26H30FN5OS2/c1-17(2)14-30-9-10-31(35(33)26-16-34-19(4)29-26)15-25(30)23-12-20-13-28-32(24(20)11-18(23)3)22-7-5-21(27)6-8-22/h5-8,11-13,16-17,25H,9-10,14-15H2,1-4H3. The number of aromatic nitrogens is 3. The second-order valence-corrected chi connectivity index (χ2v) is 12.0. The first kappa shape index (κ1) is 24.2. The maximum absolute atomic E-state index is 13.4. The predicted molar refractivity (Wildman–Crippen MR) is 140 cm³/mol. The predicted octanol–water partition coefficient (Wildman–Crippen LogP) is 5.28. The van der Waals surface area contributed by atoms with Crippen LogP contribution in [0.2, 0.25) is 0 Å². The minimum absolute atomic E-state index is 0.119. The maximum atomic E-state index is 13.4. The highest BCUT2D eigenvalue weighted by atomic mass is 32.2. The van der Waals surface area contributed by atoms with Gasteiger partial charge in [0.25, 0.3) is 0 Å². The lowest BCUT2D eigenvalue weighted by molar-refractivity contribution is 0.107. The fourth-order valence-corrected chi connectivity index (χ4v) is 6.84. The van der Waals surface area contributed by atoms with Gasteiger partial charge in [0.2, 0.25) is 0 Å². The number of fused-ring (bicyclic) bond motifs is 1. The van der Waals surface area contributed by atoms with Crippen LogP contribution in [0.3, 0.4) is 0 Å². The van der Waals surface area contributed by atoms with Crippen LogP contribution >= 0.6 is 11.3 Å². The van der Waals surface area contributed by atoms with Crippen molar-refractivity contribution in [2.75, 3.05) is 26.2 Å². The van der Waals surface area contributed by atoms with Crippen molar-refractivity contribution >= 4 is 33.2 Å². The fraction of sp³-hybridized carbons (Fsp3) is 0.385. The Morgan fingerprint density at radius 1 is 1.17 bits per heavy atom. The summed E-state index contributed by atoms with van der Waals surface area (Å²) < 4.78 is 30.7. The Kier molecular flexibility index (Phi) is 6.85. The van der Waals surface area contributed by atoms with Crippen LogP contribution in [0.1, 0.15) is 36.0 Å². The number of benzene rings is 2. The molecule has 0 bridgehead atoms. The largest absolute Gasteiger partial charge is 0.293 e. The molecule has 0 N–H and O–H groups in total. The lowest BCUT2D eigenvalue weighted by atomic mass is 9.96. The zero-order valence-electron chi connectivity index (χ0n) is 20.4. The highest BCUT2D eigenvalue weighted by molar-refractivity contribution is 7.82. The van der Waals surface area contributed by atoms with Gasteiger partial charge >= 0.3 is 0 Å². The summed E-state index contributed by atoms with van der Waals surface area (Å²) in [6.07, 6.45) is 1.87. The average molecular weight is 512 g/mol. The van der Waals surface area contributed by atoms with Crippen LogP contribution in [0.25, 0.3) is 16.6 Å². The molecule has 2 unspecified atom stereocenters. The topological polar surface area (TPSA) is 54.3 Å². The van der Waals surface area contributed by atoms with Gasteiger partial charge in [-0.2, -0.15) is 5.10 Å². The van der Waals surface area contributed by atoms with Crippen molar-refractivity contribution in [3.63, 3.8) is 0 Å². The Balaban J connectivity index is 1.50. The number of hydrogen-bond donors (Lipinski definition) is 0. The van der Waals surface area contributed by atoms with Crippen LogP contribution in [-0.4, -0.2) is 54.4 Å². The molecule has 4 aromatic rings. The highest BCUT2D eigenvalue weighted by Crippen LogP contribution is 2.33. The van der Waals surface area contributed by atoms with Crippen LogP contribution in [0.5, 0.6) is 0 Å². The number of nitrogens with zero attached hydrogens (tertiary/aromatic N) is 5. The molecule has 3 heterocycles. The summed E-state index contributed by atoms with van der Waals surface area (Å²) >= 11 is 1.54. The molecule has 0 amide bonds. The Morgan fingerprint density at radius 3 is 2.63 bits per heavy atom. The highest BCUT2D eigenvalue weighted by Gasteiger charge is 2.33. The van der Waals surface area contributed by atoms with Crippen molar-refractivity contribution in [2.45, 2.75) is 38.8 Å². The van der Waals surface area contributed by atoms with Gasteiger partial charge in [0.05, 0.1) is 22.4 Å². The van der Waals surface area contributed by atoms with E-state index in [1.165, 1.54) is 29.0 Å². The Labute approximate surface area is 212 Å². The Morgan fingerprint density at radius 2 is 1.94 bits per heavy atom. The van der Waals surface area contributed by atoms with E-state index < -0.39 is 11.0 Å². The molecule has 0 radical (unpaired) electrons. The average Bonchev–Trinajstić information content (AvgIpc) is 3.44. The number of aryl methyl sites for hydroxylation is 2. The minimum atomic E-state index is -1.27. The van der Waals surface area contributed by atoms with E-state index >= 15 is 0 Å². The molecule has 0 aliphatic carbocycles. The van der Waals surface area contributed by atoms with Gasteiger partial charge in [0.15, 0.2) is 5.03 Å². The number of halogens is 1. The van der Waals surface area contributed by atoms with E-state index in [-0.39, 0.29) is 11.9 Å². The fourth-order valence-electron chi connectivity index (χ4n) is 4.83. The van der Waals surface area contributed by atoms with Gasteiger partial charge in [-0.05, 0) is 67.3 Å². The first-order valence-corrected chi connectivity index (χ1v) is 13.9. The van der Waals surface area contributed by atoms with Gasteiger partial charge in [-0.15, -0.1) is 11.3 Å². The molecule has 2 aromatic carbocycles. The molecular formula is C26H30FN5OS2. The summed E-state index contributed by atoms with van der Waals surface area (Å²) in [4.78, 5) is 6.99. The van der Waals surface area contributed by atoms with Gasteiger partial charge < -0.3 is 0 Å². The first-order chi connectivity index (χ1) is 16.8. The molecule has 0 saturated carbocycles. The lowest BCUT2D eigenvalue weighted by Gasteiger charge is -2.42. The van der Waals surface area contributed by atoms with E-state index in [1.54, 1.807) is 12.1 Å². The van der Waals surface area contributed by atoms with E-state index in [2.05, 4.69) is 52.2 Å². The van der Waals surface area contributed by atoms with Gasteiger partial charge in [0, 0.05) is 43.0 Å². The first-order valence-electron chi connectivity index (χ1n) is 11.9. The quantitative estimate of drug-likeness (QED) is 0.354. The Hall–Kier alpha value is -2.46. The van der Waals surface area contributed by atoms with Crippen molar-refractivity contribution in [3.8, 4) is 5.69 Å². The Bertz CT molecular complexity index is 1360. The summed E-state index contributed by atoms with van der Waals surface area (Å²) in [6.45, 7) is 11.8. The van der Waals surface area contributed by atoms with E-state index in [0.717, 1.165) is 46.8 Å². The summed E-state index contributed by atoms with van der Waals surface area (Å²) in [5.41, 5.74) is 4.21. The lowest BCUT2D eigenvalue weighted by Crippen LogP contribution is -2.50. The monoisotopic (exact) mass is 511 g/mol. The van der Waals surface area contributed by atoms with Crippen LogP contribution < -0.4 is 0 Å². The molecule has 2 atom stereocenters. The molecule has 2 aromatic heterocycles. The van der Waals surface area contributed by atoms with E-state index in [0.29, 0.717) is 17.5 Å². The van der Waals surface area contributed by atoms with Crippen LogP contribution in [0.4, 0.5) is 4.39 Å². The molecule has 1 saturated heterocycles. The number of thiazole rings is 1. The zero-order chi connectivity index (χ0) is 24.7. The van der Waals surface area contributed by atoms with Gasteiger partial charge in [0.1, 0.15) is 16.8 Å². The smallest absolute Gasteiger partial charge is 0.154 e. The van der Waals surface area contributed by atoms with Gasteiger partial charge in [-0.1, -0.05) is 13.8 Å². The van der Waals surface area contributed by atoms with Crippen LogP contribution in [0, 0.1) is 25.6 Å². The normalized spacial score (nSPS) is 18.5. The molecule has 1 aliphatic rings. The second kappa shape index (κ2) is 9.89. The SMILES string of the molecule is Cc1nc(S(=O)N2CCN(CC(C)C)C(c3cc4cnn(-c5ccc(F)cc5)c4cc3C)C2)cs1. The van der Waals surface area contributed by atoms with Crippen molar-refractivity contribution < 1.29 is 8.60 Å². The molecule has 6 nitrogen and oxygen atoms in total. The summed E-state index contributed by atoms with van der Waals surface area (Å²) in [6, 6.07) is 10.9. The third-order valence-corrected chi connectivity index (χ3v) is 8.74. The van der Waals surface area contributed by atoms with Crippen molar-refractivity contribution in [3.05, 3.63) is 69.9 Å². The molecular weight excluding hydrogens is 481 g/mol. The molecule has 1 fully saturated rings. The summed E-state index contributed by atoms with van der Waals surface area (Å²) in [5, 5.41) is 9.11. The maximum Gasteiger partial charge on any atom is 0.154 e. The number of rotatable bonds is 6. The van der Waals surface area contributed by atoms with Gasteiger partial charge in [-0.3, -0.25) is 4.90 Å². The molecule has 9 heteroatoms. The van der Waals surface area contributed by atoms with E-state index in [1.807, 2.05) is 23.2 Å². The van der Waals surface area contributed by atoms with Gasteiger partial charge in [-0.25, -0.2) is 22.6 Å². The van der Waals surface area contributed by atoms with Crippen molar-refractivity contribution in [1.82, 2.24) is 24.0 Å². The molecule has 0 spiro atoms. The zero-order valence-corrected chi connectivity index (χ0v) is 22.1. The molecule has 5 rings (SSSR count). The second-order valence-electron chi connectivity index (χ2n) is 9.55. The van der Waals surface area contributed by atoms with Crippen LogP contribution in [-0.2, 0) is 11.0 Å².